The number of para-hydroxylation sites is 1. The highest BCUT2D eigenvalue weighted by atomic mass is 16.5. The number of hydrogen-bond donors (Lipinski definition) is 3. The van der Waals surface area contributed by atoms with E-state index in [-0.39, 0.29) is 0 Å². The Hall–Kier alpha value is -2.01. The third kappa shape index (κ3) is 2.98. The van der Waals surface area contributed by atoms with Crippen LogP contribution in [0.4, 0.5) is 0 Å². The molecule has 4 rings (SSSR count). The van der Waals surface area contributed by atoms with Crippen molar-refractivity contribution in [3.05, 3.63) is 36.0 Å². The summed E-state index contributed by atoms with van der Waals surface area (Å²) < 4.78 is 5.95. The number of nitrogens with one attached hydrogen (secondary N) is 3. The van der Waals surface area contributed by atoms with E-state index in [0.29, 0.717) is 17.6 Å². The third-order valence-corrected chi connectivity index (χ3v) is 6.33. The zero-order valence-electron chi connectivity index (χ0n) is 15.8. The lowest BCUT2D eigenvalue weighted by Gasteiger charge is -2.61. The van der Waals surface area contributed by atoms with Gasteiger partial charge in [-0.1, -0.05) is 24.6 Å². The molecule has 0 saturated heterocycles. The van der Waals surface area contributed by atoms with Crippen LogP contribution in [-0.2, 0) is 11.2 Å². The molecule has 1 aromatic carbocycles. The zero-order valence-corrected chi connectivity index (χ0v) is 15.8. The average Bonchev–Trinajstić information content (AvgIpc) is 3.01. The molecule has 5 nitrogen and oxygen atoms in total. The summed E-state index contributed by atoms with van der Waals surface area (Å²) in [5, 5.41) is 8.45. The van der Waals surface area contributed by atoms with E-state index in [2.05, 4.69) is 58.0 Å². The monoisotopic (exact) mass is 354 g/mol. The molecular weight excluding hydrogens is 324 g/mol. The van der Waals surface area contributed by atoms with Crippen LogP contribution in [0.2, 0.25) is 0 Å². The third-order valence-electron chi connectivity index (χ3n) is 6.33. The lowest BCUT2D eigenvalue weighted by Crippen LogP contribution is -2.68. The van der Waals surface area contributed by atoms with Crippen LogP contribution in [0, 0.1) is 5.41 Å². The highest BCUT2D eigenvalue weighted by Gasteiger charge is 2.59. The minimum absolute atomic E-state index is 0.352. The average molecular weight is 354 g/mol. The molecule has 3 N–H and O–H groups in total. The Bertz CT molecular complexity index is 777. The smallest absolute Gasteiger partial charge is 0.191 e. The van der Waals surface area contributed by atoms with Crippen LogP contribution >= 0.6 is 0 Å². The predicted molar refractivity (Wildman–Crippen MR) is 107 cm³/mol. The number of H-pyrrole nitrogens is 1. The topological polar surface area (TPSA) is 61.4 Å². The van der Waals surface area contributed by atoms with Crippen LogP contribution in [0.25, 0.3) is 10.9 Å². The van der Waals surface area contributed by atoms with Gasteiger partial charge in [0.05, 0.1) is 6.10 Å². The van der Waals surface area contributed by atoms with Gasteiger partial charge in [-0.05, 0) is 44.2 Å². The van der Waals surface area contributed by atoms with E-state index >= 15 is 0 Å². The van der Waals surface area contributed by atoms with Crippen molar-refractivity contribution in [3.8, 4) is 0 Å². The molecule has 26 heavy (non-hydrogen) atoms. The van der Waals surface area contributed by atoms with Crippen molar-refractivity contribution >= 4 is 16.9 Å². The molecule has 0 aliphatic heterocycles. The van der Waals surface area contributed by atoms with E-state index in [0.717, 1.165) is 32.0 Å². The first kappa shape index (κ1) is 17.4. The summed E-state index contributed by atoms with van der Waals surface area (Å²) in [6.07, 6.45) is 8.50. The van der Waals surface area contributed by atoms with Crippen LogP contribution in [0.3, 0.4) is 0 Å². The van der Waals surface area contributed by atoms with Crippen molar-refractivity contribution in [1.82, 2.24) is 15.6 Å². The molecular formula is C21H30N4O. The van der Waals surface area contributed by atoms with Crippen molar-refractivity contribution in [2.45, 2.75) is 51.2 Å². The van der Waals surface area contributed by atoms with Crippen molar-refractivity contribution in [3.63, 3.8) is 0 Å². The van der Waals surface area contributed by atoms with Gasteiger partial charge < -0.3 is 20.4 Å². The van der Waals surface area contributed by atoms with E-state index < -0.39 is 0 Å². The van der Waals surface area contributed by atoms with Crippen molar-refractivity contribution in [2.75, 3.05) is 20.2 Å². The van der Waals surface area contributed by atoms with Crippen LogP contribution in [0.15, 0.2) is 35.5 Å². The van der Waals surface area contributed by atoms with Gasteiger partial charge in [-0.3, -0.25) is 4.99 Å². The Kier molecular flexibility index (Phi) is 4.90. The van der Waals surface area contributed by atoms with Gasteiger partial charge in [0.25, 0.3) is 0 Å². The molecule has 1 spiro atoms. The Morgan fingerprint density at radius 1 is 1.35 bits per heavy atom. The summed E-state index contributed by atoms with van der Waals surface area (Å²) >= 11 is 0. The number of ether oxygens (including phenoxy) is 1. The molecule has 0 radical (unpaired) electrons. The number of fused-ring (bicyclic) bond motifs is 1. The molecule has 0 amide bonds. The van der Waals surface area contributed by atoms with Gasteiger partial charge >= 0.3 is 0 Å². The minimum Gasteiger partial charge on any atom is -0.378 e. The second-order valence-corrected chi connectivity index (χ2v) is 7.57. The summed E-state index contributed by atoms with van der Waals surface area (Å²) in [6, 6.07) is 8.95. The van der Waals surface area contributed by atoms with Gasteiger partial charge in [-0.15, -0.1) is 0 Å². The summed E-state index contributed by atoms with van der Waals surface area (Å²) in [6.45, 7) is 3.78. The highest BCUT2D eigenvalue weighted by Crippen LogP contribution is 2.57. The fourth-order valence-electron chi connectivity index (χ4n) is 4.65. The fourth-order valence-corrected chi connectivity index (χ4v) is 4.65. The predicted octanol–water partition coefficient (Wildman–Crippen LogP) is 3.22. The molecule has 2 aliphatic carbocycles. The maximum atomic E-state index is 5.95. The van der Waals surface area contributed by atoms with Crippen LogP contribution in [0.1, 0.15) is 38.2 Å². The van der Waals surface area contributed by atoms with E-state index in [1.165, 1.54) is 35.7 Å². The first-order chi connectivity index (χ1) is 12.8. The number of benzene rings is 1. The Balaban J connectivity index is 1.30. The summed E-state index contributed by atoms with van der Waals surface area (Å²) in [5.74, 6) is 0.913. The van der Waals surface area contributed by atoms with E-state index in [1.54, 1.807) is 0 Å². The zero-order chi connectivity index (χ0) is 18.0. The van der Waals surface area contributed by atoms with E-state index in [9.17, 15) is 0 Å². The number of aliphatic imine (C=N–C) groups is 1. The number of hydrogen-bond acceptors (Lipinski definition) is 2. The van der Waals surface area contributed by atoms with E-state index in [4.69, 9.17) is 4.74 Å². The Labute approximate surface area is 155 Å². The van der Waals surface area contributed by atoms with Crippen molar-refractivity contribution in [2.24, 2.45) is 10.4 Å². The number of nitrogens with zero attached hydrogens (tertiary/aromatic N) is 1. The Morgan fingerprint density at radius 2 is 2.19 bits per heavy atom. The van der Waals surface area contributed by atoms with Crippen LogP contribution < -0.4 is 10.6 Å². The molecule has 2 saturated carbocycles. The van der Waals surface area contributed by atoms with Gasteiger partial charge in [0.15, 0.2) is 5.96 Å². The first-order valence-corrected chi connectivity index (χ1v) is 9.90. The molecule has 1 heterocycles. The Morgan fingerprint density at radius 3 is 2.92 bits per heavy atom. The minimum atomic E-state index is 0.352. The first-order valence-electron chi connectivity index (χ1n) is 9.90. The maximum Gasteiger partial charge on any atom is 0.191 e. The normalized spacial score (nSPS) is 24.3. The van der Waals surface area contributed by atoms with Gasteiger partial charge in [0, 0.05) is 48.8 Å². The lowest BCUT2D eigenvalue weighted by atomic mass is 9.51. The molecule has 2 aliphatic rings. The maximum absolute atomic E-state index is 5.95. The molecule has 0 bridgehead atoms. The SMILES string of the molecule is CCOC1CC(NC(=NC)NCCc2c[nH]c3ccccc23)C12CCC2. The lowest BCUT2D eigenvalue weighted by molar-refractivity contribution is -0.168. The summed E-state index contributed by atoms with van der Waals surface area (Å²) in [5.41, 5.74) is 2.90. The van der Waals surface area contributed by atoms with Gasteiger partial charge in [-0.25, -0.2) is 0 Å². The second-order valence-electron chi connectivity index (χ2n) is 7.57. The summed E-state index contributed by atoms with van der Waals surface area (Å²) in [7, 11) is 1.85. The number of aromatic amines is 1. The van der Waals surface area contributed by atoms with Crippen LogP contribution in [0.5, 0.6) is 0 Å². The quantitative estimate of drug-likeness (QED) is 0.551. The largest absolute Gasteiger partial charge is 0.378 e. The van der Waals surface area contributed by atoms with Gasteiger partial charge in [0.1, 0.15) is 0 Å². The molecule has 2 fully saturated rings. The summed E-state index contributed by atoms with van der Waals surface area (Å²) in [4.78, 5) is 7.78. The molecule has 2 aromatic rings. The molecule has 5 heteroatoms. The number of guanidine groups is 1. The molecule has 140 valence electrons. The van der Waals surface area contributed by atoms with E-state index in [1.807, 2.05) is 7.05 Å². The van der Waals surface area contributed by atoms with Gasteiger partial charge in [-0.2, -0.15) is 0 Å². The van der Waals surface area contributed by atoms with Gasteiger partial charge in [0.2, 0.25) is 0 Å². The molecule has 2 unspecified atom stereocenters. The molecule has 1 aromatic heterocycles. The number of rotatable bonds is 6. The fraction of sp³-hybridized carbons (Fsp3) is 0.571. The highest BCUT2D eigenvalue weighted by molar-refractivity contribution is 5.83. The van der Waals surface area contributed by atoms with Crippen molar-refractivity contribution < 1.29 is 4.74 Å². The standard InChI is InChI=1S/C21H30N4O/c1-3-26-19-13-18(21(19)10-6-11-21)25-20(22-2)23-12-9-15-14-24-17-8-5-4-7-16(15)17/h4-5,7-8,14,18-19,24H,3,6,9-13H2,1-2H3,(H2,22,23,25). The number of aromatic nitrogens is 1. The second kappa shape index (κ2) is 7.31. The van der Waals surface area contributed by atoms with Crippen molar-refractivity contribution in [1.29, 1.82) is 0 Å². The molecule has 2 atom stereocenters. The van der Waals surface area contributed by atoms with Crippen LogP contribution in [-0.4, -0.2) is 43.3 Å².